The largest absolute Gasteiger partial charge is 0.354 e. The smallest absolute Gasteiger partial charge is 0.223 e. The molecule has 2 aromatic heterocycles. The third kappa shape index (κ3) is 3.47. The van der Waals surface area contributed by atoms with Crippen LogP contribution in [0.25, 0.3) is 22.6 Å². The van der Waals surface area contributed by atoms with E-state index in [4.69, 9.17) is 4.98 Å². The Kier molecular flexibility index (Phi) is 4.95. The van der Waals surface area contributed by atoms with Crippen molar-refractivity contribution in [2.45, 2.75) is 38.6 Å². The van der Waals surface area contributed by atoms with Gasteiger partial charge in [0.15, 0.2) is 5.65 Å². The minimum Gasteiger partial charge on any atom is -0.354 e. The molecule has 1 amide bonds. The van der Waals surface area contributed by atoms with Crippen molar-refractivity contribution in [2.24, 2.45) is 5.92 Å². The molecule has 0 aliphatic heterocycles. The lowest BCUT2D eigenvalue weighted by molar-refractivity contribution is -0.125. The Morgan fingerprint density at radius 3 is 2.69 bits per heavy atom. The number of amides is 1. The van der Waals surface area contributed by atoms with Crippen molar-refractivity contribution in [3.63, 3.8) is 0 Å². The number of pyridine rings is 1. The fourth-order valence-corrected chi connectivity index (χ4v) is 3.78. The monoisotopic (exact) mass is 348 g/mol. The van der Waals surface area contributed by atoms with Crippen LogP contribution in [0.1, 0.15) is 32.1 Å². The number of fused-ring (bicyclic) bond motifs is 1. The lowest BCUT2D eigenvalue weighted by Crippen LogP contribution is -2.34. The summed E-state index contributed by atoms with van der Waals surface area (Å²) in [6, 6.07) is 14.0. The first-order chi connectivity index (χ1) is 12.8. The summed E-state index contributed by atoms with van der Waals surface area (Å²) in [5.41, 5.74) is 2.80. The van der Waals surface area contributed by atoms with Crippen LogP contribution in [0.2, 0.25) is 0 Å². The van der Waals surface area contributed by atoms with Gasteiger partial charge in [-0.25, -0.2) is 9.97 Å². The molecule has 0 bridgehead atoms. The lowest BCUT2D eigenvalue weighted by Gasteiger charge is -2.21. The average molecular weight is 348 g/mol. The van der Waals surface area contributed by atoms with Gasteiger partial charge in [0.1, 0.15) is 11.3 Å². The fraction of sp³-hybridized carbons (Fsp3) is 0.381. The maximum atomic E-state index is 12.4. The van der Waals surface area contributed by atoms with E-state index >= 15 is 0 Å². The summed E-state index contributed by atoms with van der Waals surface area (Å²) in [6.45, 7) is 1.26. The highest BCUT2D eigenvalue weighted by atomic mass is 16.1. The van der Waals surface area contributed by atoms with E-state index < -0.39 is 0 Å². The number of imidazole rings is 1. The fourth-order valence-electron chi connectivity index (χ4n) is 3.78. The second kappa shape index (κ2) is 7.68. The van der Waals surface area contributed by atoms with Gasteiger partial charge >= 0.3 is 0 Å². The first-order valence-electron chi connectivity index (χ1n) is 9.47. The predicted octanol–water partition coefficient (Wildman–Crippen LogP) is 3.79. The molecule has 0 radical (unpaired) electrons. The van der Waals surface area contributed by atoms with Crippen LogP contribution in [0, 0.1) is 5.92 Å². The molecular weight excluding hydrogens is 324 g/mol. The van der Waals surface area contributed by atoms with Crippen LogP contribution in [0.3, 0.4) is 0 Å². The third-order valence-electron chi connectivity index (χ3n) is 5.15. The highest BCUT2D eigenvalue weighted by molar-refractivity contribution is 5.79. The maximum absolute atomic E-state index is 12.4. The van der Waals surface area contributed by atoms with E-state index in [9.17, 15) is 4.79 Å². The van der Waals surface area contributed by atoms with Crippen LogP contribution in [0.4, 0.5) is 0 Å². The molecule has 3 aromatic rings. The molecule has 5 nitrogen and oxygen atoms in total. The van der Waals surface area contributed by atoms with E-state index in [1.54, 1.807) is 6.20 Å². The van der Waals surface area contributed by atoms with Crippen LogP contribution in [-0.2, 0) is 11.3 Å². The van der Waals surface area contributed by atoms with Crippen LogP contribution in [0.15, 0.2) is 48.7 Å². The van der Waals surface area contributed by atoms with Gasteiger partial charge in [0.2, 0.25) is 5.91 Å². The molecule has 0 unspecified atom stereocenters. The molecule has 1 aliphatic carbocycles. The number of benzene rings is 1. The molecule has 4 rings (SSSR count). The van der Waals surface area contributed by atoms with Gasteiger partial charge in [-0.3, -0.25) is 4.79 Å². The molecule has 1 aromatic carbocycles. The minimum atomic E-state index is 0.190. The summed E-state index contributed by atoms with van der Waals surface area (Å²) < 4.78 is 2.10. The van der Waals surface area contributed by atoms with Crippen molar-refractivity contribution in [3.05, 3.63) is 48.7 Å². The van der Waals surface area contributed by atoms with Crippen molar-refractivity contribution in [3.8, 4) is 11.4 Å². The lowest BCUT2D eigenvalue weighted by atomic mass is 9.89. The zero-order chi connectivity index (χ0) is 17.8. The molecule has 1 N–H and O–H groups in total. The molecular formula is C21H24N4O. The zero-order valence-corrected chi connectivity index (χ0v) is 14.9. The quantitative estimate of drug-likeness (QED) is 0.763. The van der Waals surface area contributed by atoms with E-state index in [-0.39, 0.29) is 11.8 Å². The second-order valence-electron chi connectivity index (χ2n) is 6.93. The van der Waals surface area contributed by atoms with Gasteiger partial charge in [0.25, 0.3) is 0 Å². The normalized spacial score (nSPS) is 15.2. The highest BCUT2D eigenvalue weighted by Crippen LogP contribution is 2.24. The van der Waals surface area contributed by atoms with Gasteiger partial charge in [0, 0.05) is 30.8 Å². The zero-order valence-electron chi connectivity index (χ0n) is 14.9. The van der Waals surface area contributed by atoms with E-state index in [0.29, 0.717) is 13.1 Å². The molecule has 5 heteroatoms. The molecule has 0 spiro atoms. The topological polar surface area (TPSA) is 59.8 Å². The molecule has 2 heterocycles. The number of carbonyl (C=O) groups is 1. The Bertz CT molecular complexity index is 881. The van der Waals surface area contributed by atoms with Gasteiger partial charge in [-0.15, -0.1) is 0 Å². The van der Waals surface area contributed by atoms with Crippen LogP contribution in [-0.4, -0.2) is 27.0 Å². The Hall–Kier alpha value is -2.69. The average Bonchev–Trinajstić information content (AvgIpc) is 3.08. The number of nitrogens with zero attached hydrogens (tertiary/aromatic N) is 3. The van der Waals surface area contributed by atoms with Gasteiger partial charge in [0.05, 0.1) is 0 Å². The Morgan fingerprint density at radius 1 is 1.08 bits per heavy atom. The summed E-state index contributed by atoms with van der Waals surface area (Å²) >= 11 is 0. The summed E-state index contributed by atoms with van der Waals surface area (Å²) in [5.74, 6) is 1.28. The Labute approximate surface area is 153 Å². The van der Waals surface area contributed by atoms with Crippen LogP contribution >= 0.6 is 0 Å². The molecule has 26 heavy (non-hydrogen) atoms. The maximum Gasteiger partial charge on any atom is 0.223 e. The van der Waals surface area contributed by atoms with Crippen molar-refractivity contribution >= 4 is 17.1 Å². The van der Waals surface area contributed by atoms with E-state index in [1.165, 1.54) is 19.3 Å². The summed E-state index contributed by atoms with van der Waals surface area (Å²) in [5, 5.41) is 3.12. The van der Waals surface area contributed by atoms with Crippen molar-refractivity contribution < 1.29 is 4.79 Å². The van der Waals surface area contributed by atoms with Gasteiger partial charge in [-0.05, 0) is 25.0 Å². The SMILES string of the molecule is O=C(NCCn1c(-c2ccccc2)nc2cccnc21)C1CCCCC1. The van der Waals surface area contributed by atoms with E-state index in [0.717, 1.165) is 35.4 Å². The third-order valence-corrected chi connectivity index (χ3v) is 5.15. The van der Waals surface area contributed by atoms with Crippen LogP contribution in [0.5, 0.6) is 0 Å². The molecule has 1 fully saturated rings. The summed E-state index contributed by atoms with van der Waals surface area (Å²) in [4.78, 5) is 21.7. The number of hydrogen-bond donors (Lipinski definition) is 1. The van der Waals surface area contributed by atoms with Crippen molar-refractivity contribution in [1.82, 2.24) is 19.9 Å². The first kappa shape index (κ1) is 16.8. The van der Waals surface area contributed by atoms with Crippen molar-refractivity contribution in [1.29, 1.82) is 0 Å². The molecule has 1 aliphatic rings. The number of nitrogens with one attached hydrogen (secondary N) is 1. The highest BCUT2D eigenvalue weighted by Gasteiger charge is 2.21. The van der Waals surface area contributed by atoms with Gasteiger partial charge in [-0.2, -0.15) is 0 Å². The van der Waals surface area contributed by atoms with Gasteiger partial charge < -0.3 is 9.88 Å². The van der Waals surface area contributed by atoms with E-state index in [1.807, 2.05) is 30.3 Å². The Morgan fingerprint density at radius 2 is 1.88 bits per heavy atom. The molecule has 0 atom stereocenters. The Balaban J connectivity index is 1.52. The number of aromatic nitrogens is 3. The molecule has 134 valence electrons. The van der Waals surface area contributed by atoms with Crippen molar-refractivity contribution in [2.75, 3.05) is 6.54 Å². The molecule has 0 saturated heterocycles. The van der Waals surface area contributed by atoms with E-state index in [2.05, 4.69) is 27.0 Å². The number of rotatable bonds is 5. The second-order valence-corrected chi connectivity index (χ2v) is 6.93. The number of carbonyl (C=O) groups excluding carboxylic acids is 1. The summed E-state index contributed by atoms with van der Waals surface area (Å²) in [6.07, 6.45) is 7.44. The minimum absolute atomic E-state index is 0.190. The first-order valence-corrected chi connectivity index (χ1v) is 9.47. The molecule has 1 saturated carbocycles. The standard InChI is InChI=1S/C21H24N4O/c26-21(17-10-5-2-6-11-17)23-14-15-25-19(16-8-3-1-4-9-16)24-18-12-7-13-22-20(18)25/h1,3-4,7-9,12-13,17H,2,5-6,10-11,14-15H2,(H,23,26). The van der Waals surface area contributed by atoms with Gasteiger partial charge in [-0.1, -0.05) is 49.6 Å². The predicted molar refractivity (Wildman–Crippen MR) is 103 cm³/mol. The summed E-state index contributed by atoms with van der Waals surface area (Å²) in [7, 11) is 0. The number of hydrogen-bond acceptors (Lipinski definition) is 3. The van der Waals surface area contributed by atoms with Crippen LogP contribution < -0.4 is 5.32 Å².